The number of nitrogens with zero attached hydrogens (tertiary/aromatic N) is 3. The lowest BCUT2D eigenvalue weighted by atomic mass is 10.1. The third kappa shape index (κ3) is 7.57. The second-order valence-corrected chi connectivity index (χ2v) is 10.2. The summed E-state index contributed by atoms with van der Waals surface area (Å²) in [5.41, 5.74) is 0.167. The van der Waals surface area contributed by atoms with E-state index in [1.54, 1.807) is 24.5 Å². The van der Waals surface area contributed by atoms with Crippen LogP contribution in [0.1, 0.15) is 25.7 Å². The Morgan fingerprint density at radius 3 is 2.47 bits per heavy atom. The Balaban J connectivity index is 1.28. The molecule has 11 nitrogen and oxygen atoms in total. The van der Waals surface area contributed by atoms with E-state index in [0.29, 0.717) is 50.7 Å². The maximum atomic E-state index is 12.4. The number of anilines is 3. The van der Waals surface area contributed by atoms with Gasteiger partial charge in [-0.3, -0.25) is 24.3 Å². The molecule has 34 heavy (non-hydrogen) atoms. The number of sulfonamides is 1. The molecule has 2 aromatic rings. The summed E-state index contributed by atoms with van der Waals surface area (Å²) in [5, 5.41) is 5.96. The molecule has 3 rings (SSSR count). The van der Waals surface area contributed by atoms with E-state index in [1.807, 2.05) is 0 Å². The molecule has 1 saturated heterocycles. The van der Waals surface area contributed by atoms with E-state index in [4.69, 9.17) is 9.57 Å². The molecule has 2 N–H and O–H groups in total. The van der Waals surface area contributed by atoms with Crippen molar-refractivity contribution in [1.82, 2.24) is 14.4 Å². The summed E-state index contributed by atoms with van der Waals surface area (Å²) in [7, 11) is -2.03. The number of hydrogen-bond acceptors (Lipinski definition) is 10. The van der Waals surface area contributed by atoms with Crippen LogP contribution < -0.4 is 21.5 Å². The summed E-state index contributed by atoms with van der Waals surface area (Å²) < 4.78 is 31.0. The molecule has 2 heterocycles. The molecule has 1 aliphatic rings. The van der Waals surface area contributed by atoms with Crippen molar-refractivity contribution < 1.29 is 18.0 Å². The van der Waals surface area contributed by atoms with Crippen LogP contribution in [0.2, 0.25) is 0 Å². The molecule has 0 aliphatic carbocycles. The van der Waals surface area contributed by atoms with E-state index >= 15 is 0 Å². The molecule has 0 spiro atoms. The first-order valence-corrected chi connectivity index (χ1v) is 13.1. The summed E-state index contributed by atoms with van der Waals surface area (Å²) in [5.74, 6) is 0.0205. The molecule has 12 heteroatoms. The van der Waals surface area contributed by atoms with Crippen LogP contribution in [-0.4, -0.2) is 81.6 Å². The third-order valence-corrected chi connectivity index (χ3v) is 7.36. The van der Waals surface area contributed by atoms with Gasteiger partial charge in [0.2, 0.25) is 10.0 Å². The first-order valence-electron chi connectivity index (χ1n) is 11.5. The summed E-state index contributed by atoms with van der Waals surface area (Å²) in [4.78, 5) is 35.2. The Morgan fingerprint density at radius 1 is 1.06 bits per heavy atom. The normalized spacial score (nSPS) is 15.1. The third-order valence-electron chi connectivity index (χ3n) is 5.67. The van der Waals surface area contributed by atoms with Crippen LogP contribution in [0.15, 0.2) is 34.1 Å². The van der Waals surface area contributed by atoms with E-state index in [0.717, 1.165) is 36.8 Å². The van der Waals surface area contributed by atoms with Crippen LogP contribution in [0.25, 0.3) is 0 Å². The summed E-state index contributed by atoms with van der Waals surface area (Å²) in [6.07, 6.45) is 5.99. The van der Waals surface area contributed by atoms with Crippen molar-refractivity contribution in [3.8, 4) is 0 Å². The number of aromatic nitrogens is 1. The quantitative estimate of drug-likeness (QED) is 0.209. The fourth-order valence-corrected chi connectivity index (χ4v) is 4.63. The van der Waals surface area contributed by atoms with Gasteiger partial charge in [-0.05, 0) is 25.0 Å². The van der Waals surface area contributed by atoms with Crippen molar-refractivity contribution in [3.63, 3.8) is 0 Å². The average Bonchev–Trinajstić information content (AvgIpc) is 2.85. The number of hydrogen-bond donors (Lipinski definition) is 2. The van der Waals surface area contributed by atoms with Crippen LogP contribution >= 0.6 is 0 Å². The fourth-order valence-electron chi connectivity index (χ4n) is 3.57. The SMILES string of the molecule is CN(OCCN1CCOCC1)S(=O)(=O)CCCCCCNc1c(Nc2ccncc2)c(=O)c1=O. The number of pyridine rings is 1. The van der Waals surface area contributed by atoms with Crippen LogP contribution in [-0.2, 0) is 19.6 Å². The van der Waals surface area contributed by atoms with Crippen molar-refractivity contribution in [2.45, 2.75) is 25.7 Å². The summed E-state index contributed by atoms with van der Waals surface area (Å²) in [6.45, 7) is 4.56. The van der Waals surface area contributed by atoms with Gasteiger partial charge in [0.25, 0.3) is 10.9 Å². The standard InChI is InChI=1S/C22H33N5O6S/c1-26(33-16-13-27-11-14-32-15-12-27)34(30,31)17-5-3-2-4-8-24-19-20(22(29)21(19)28)25-18-6-9-23-10-7-18/h6-7,9-10,24H,2-5,8,11-17H2,1H3,(H,23,25). The van der Waals surface area contributed by atoms with Gasteiger partial charge in [0.15, 0.2) is 0 Å². The Kier molecular flexibility index (Phi) is 9.96. The Hall–Kier alpha value is -2.38. The smallest absolute Gasteiger partial charge is 0.253 e. The average molecular weight is 496 g/mol. The van der Waals surface area contributed by atoms with Gasteiger partial charge in [-0.15, -0.1) is 0 Å². The van der Waals surface area contributed by atoms with Crippen molar-refractivity contribution in [2.75, 3.05) is 69.4 Å². The van der Waals surface area contributed by atoms with E-state index < -0.39 is 20.9 Å². The van der Waals surface area contributed by atoms with E-state index in [2.05, 4.69) is 20.5 Å². The van der Waals surface area contributed by atoms with Gasteiger partial charge in [0.1, 0.15) is 11.4 Å². The fraction of sp³-hybridized carbons (Fsp3) is 0.591. The van der Waals surface area contributed by atoms with Crippen molar-refractivity contribution in [2.24, 2.45) is 0 Å². The Labute approximate surface area is 199 Å². The molecule has 0 unspecified atom stereocenters. The number of ether oxygens (including phenoxy) is 1. The monoisotopic (exact) mass is 495 g/mol. The van der Waals surface area contributed by atoms with Gasteiger partial charge in [0.05, 0.1) is 25.6 Å². The molecule has 0 amide bonds. The lowest BCUT2D eigenvalue weighted by Gasteiger charge is -2.27. The predicted octanol–water partition coefficient (Wildman–Crippen LogP) is 0.919. The van der Waals surface area contributed by atoms with Crippen molar-refractivity contribution in [1.29, 1.82) is 0 Å². The van der Waals surface area contributed by atoms with Gasteiger partial charge in [-0.2, -0.15) is 0 Å². The van der Waals surface area contributed by atoms with Crippen LogP contribution in [0, 0.1) is 0 Å². The van der Waals surface area contributed by atoms with Crippen LogP contribution in [0.4, 0.5) is 17.1 Å². The zero-order chi connectivity index (χ0) is 24.4. The molecule has 0 saturated carbocycles. The van der Waals surface area contributed by atoms with Crippen molar-refractivity contribution >= 4 is 27.1 Å². The largest absolute Gasteiger partial charge is 0.380 e. The summed E-state index contributed by atoms with van der Waals surface area (Å²) >= 11 is 0. The van der Waals surface area contributed by atoms with Gasteiger partial charge in [-0.1, -0.05) is 17.3 Å². The van der Waals surface area contributed by atoms with E-state index in [9.17, 15) is 18.0 Å². The Morgan fingerprint density at radius 2 is 1.74 bits per heavy atom. The molecule has 188 valence electrons. The number of unbranched alkanes of at least 4 members (excludes halogenated alkanes) is 3. The zero-order valence-electron chi connectivity index (χ0n) is 19.5. The molecule has 0 bridgehead atoms. The number of morpholine rings is 1. The second kappa shape index (κ2) is 12.9. The van der Waals surface area contributed by atoms with E-state index in [-0.39, 0.29) is 11.4 Å². The molecule has 0 radical (unpaired) electrons. The van der Waals surface area contributed by atoms with Gasteiger partial charge < -0.3 is 15.4 Å². The maximum absolute atomic E-state index is 12.4. The lowest BCUT2D eigenvalue weighted by Crippen LogP contribution is -2.40. The Bertz CT molecular complexity index is 1070. The molecule has 0 atom stereocenters. The van der Waals surface area contributed by atoms with Gasteiger partial charge in [-0.25, -0.2) is 8.42 Å². The van der Waals surface area contributed by atoms with Gasteiger partial charge in [0, 0.05) is 51.3 Å². The first-order chi connectivity index (χ1) is 16.4. The topological polar surface area (TPSA) is 130 Å². The number of hydroxylamine groups is 1. The van der Waals surface area contributed by atoms with Crippen molar-refractivity contribution in [3.05, 3.63) is 45.0 Å². The highest BCUT2D eigenvalue weighted by Crippen LogP contribution is 2.20. The molecule has 1 fully saturated rings. The first kappa shape index (κ1) is 26.2. The van der Waals surface area contributed by atoms with E-state index in [1.165, 1.54) is 7.05 Å². The van der Waals surface area contributed by atoms with Crippen LogP contribution in [0.3, 0.4) is 0 Å². The van der Waals surface area contributed by atoms with Crippen LogP contribution in [0.5, 0.6) is 0 Å². The highest BCUT2D eigenvalue weighted by molar-refractivity contribution is 7.88. The van der Waals surface area contributed by atoms with Gasteiger partial charge >= 0.3 is 0 Å². The number of nitrogens with one attached hydrogen (secondary N) is 2. The molecule has 1 aliphatic heterocycles. The lowest BCUT2D eigenvalue weighted by molar-refractivity contribution is -0.0777. The minimum Gasteiger partial charge on any atom is -0.380 e. The maximum Gasteiger partial charge on any atom is 0.253 e. The highest BCUT2D eigenvalue weighted by atomic mass is 32.2. The molecular weight excluding hydrogens is 462 g/mol. The highest BCUT2D eigenvalue weighted by Gasteiger charge is 2.21. The minimum absolute atomic E-state index is 0.0205. The predicted molar refractivity (Wildman–Crippen MR) is 131 cm³/mol. The summed E-state index contributed by atoms with van der Waals surface area (Å²) in [6, 6.07) is 3.42. The zero-order valence-corrected chi connectivity index (χ0v) is 20.3. The number of rotatable bonds is 15. The minimum atomic E-state index is -3.46. The molecule has 1 aromatic heterocycles. The molecular formula is C22H33N5O6S. The second-order valence-electron chi connectivity index (χ2n) is 8.12. The molecule has 1 aromatic carbocycles.